The molecule has 3 rings (SSSR count). The van der Waals surface area contributed by atoms with Gasteiger partial charge >= 0.3 is 5.97 Å². The van der Waals surface area contributed by atoms with Gasteiger partial charge in [-0.2, -0.15) is 0 Å². The first-order chi connectivity index (χ1) is 14.5. The van der Waals surface area contributed by atoms with Crippen LogP contribution in [0, 0.1) is 0 Å². The van der Waals surface area contributed by atoms with E-state index in [9.17, 15) is 9.59 Å². The molecule has 1 N–H and O–H groups in total. The summed E-state index contributed by atoms with van der Waals surface area (Å²) in [6.45, 7) is 4.55. The monoisotopic (exact) mass is 426 g/mol. The van der Waals surface area contributed by atoms with Gasteiger partial charge in [0.1, 0.15) is 11.5 Å². The summed E-state index contributed by atoms with van der Waals surface area (Å²) in [5.74, 6) is 0.102. The molecule has 1 saturated heterocycles. The molecule has 0 radical (unpaired) electrons. The van der Waals surface area contributed by atoms with Crippen molar-refractivity contribution in [3.8, 4) is 11.5 Å². The number of carboxylic acids is 1. The number of likely N-dealkylation sites (N-methyl/N-ethyl adjacent to an activating group) is 1. The average molecular weight is 426 g/mol. The Morgan fingerprint density at radius 1 is 1.07 bits per heavy atom. The quantitative estimate of drug-likeness (QED) is 0.638. The van der Waals surface area contributed by atoms with Crippen molar-refractivity contribution in [3.05, 3.63) is 59.0 Å². The molecule has 8 heteroatoms. The molecular weight excluding hydrogens is 404 g/mol. The maximum absolute atomic E-state index is 12.8. The molecule has 1 fully saturated rings. The maximum atomic E-state index is 12.8. The Labute approximate surface area is 179 Å². The van der Waals surface area contributed by atoms with Gasteiger partial charge in [-0.1, -0.05) is 12.1 Å². The third-order valence-electron chi connectivity index (χ3n) is 4.12. The summed E-state index contributed by atoms with van der Waals surface area (Å²) in [6.07, 6.45) is 1.79. The zero-order chi connectivity index (χ0) is 21.5. The van der Waals surface area contributed by atoms with E-state index in [1.807, 2.05) is 38.1 Å². The summed E-state index contributed by atoms with van der Waals surface area (Å²) in [4.78, 5) is 30.2. The summed E-state index contributed by atoms with van der Waals surface area (Å²) in [5.41, 5.74) is 1.56. The molecule has 0 bridgehead atoms. The lowest BCUT2D eigenvalue weighted by atomic mass is 10.2. The van der Waals surface area contributed by atoms with Gasteiger partial charge in [0, 0.05) is 6.54 Å². The number of carbonyl (C=O) groups excluding carboxylic acids is 1. The molecule has 1 aliphatic rings. The third kappa shape index (κ3) is 5.42. The number of carbonyl (C=O) groups is 2. The lowest BCUT2D eigenvalue weighted by Crippen LogP contribution is -2.28. The molecule has 1 aliphatic heterocycles. The van der Waals surface area contributed by atoms with E-state index in [0.717, 1.165) is 17.0 Å². The van der Waals surface area contributed by atoms with Crippen LogP contribution >= 0.6 is 11.8 Å². The number of hydrogen-bond acceptors (Lipinski definition) is 6. The minimum absolute atomic E-state index is 0.0987. The summed E-state index contributed by atoms with van der Waals surface area (Å²) in [7, 11) is 0. The van der Waals surface area contributed by atoms with Crippen LogP contribution in [0.4, 0.5) is 5.69 Å². The number of nitrogens with zero attached hydrogens (tertiary/aromatic N) is 2. The zero-order valence-corrected chi connectivity index (χ0v) is 17.5. The number of rotatable bonds is 8. The predicted molar refractivity (Wildman–Crippen MR) is 117 cm³/mol. The van der Waals surface area contributed by atoms with Crippen LogP contribution in [0.25, 0.3) is 6.08 Å². The molecule has 0 aliphatic carbocycles. The lowest BCUT2D eigenvalue weighted by molar-refractivity contribution is -0.139. The molecule has 2 aromatic carbocycles. The fraction of sp³-hybridized carbons (Fsp3) is 0.227. The normalized spacial score (nSPS) is 16.3. The zero-order valence-electron chi connectivity index (χ0n) is 16.7. The average Bonchev–Trinajstić information content (AvgIpc) is 3.03. The molecule has 1 amide bonds. The lowest BCUT2D eigenvalue weighted by Gasteiger charge is -2.12. The van der Waals surface area contributed by atoms with E-state index >= 15 is 0 Å². The molecule has 0 spiro atoms. The Morgan fingerprint density at radius 3 is 2.30 bits per heavy atom. The molecule has 2 aromatic rings. The maximum Gasteiger partial charge on any atom is 0.341 e. The topological polar surface area (TPSA) is 88.4 Å². The summed E-state index contributed by atoms with van der Waals surface area (Å²) >= 11 is 1.32. The van der Waals surface area contributed by atoms with Crippen LogP contribution in [0.1, 0.15) is 19.4 Å². The fourth-order valence-electron chi connectivity index (χ4n) is 2.72. The van der Waals surface area contributed by atoms with Crippen molar-refractivity contribution in [3.63, 3.8) is 0 Å². The van der Waals surface area contributed by atoms with Crippen LogP contribution < -0.4 is 9.47 Å². The van der Waals surface area contributed by atoms with Gasteiger partial charge < -0.3 is 14.6 Å². The number of thioether (sulfide) groups is 1. The van der Waals surface area contributed by atoms with E-state index in [4.69, 9.17) is 14.6 Å². The Morgan fingerprint density at radius 2 is 1.70 bits per heavy atom. The molecular formula is C22H22N2O5S. The van der Waals surface area contributed by atoms with Gasteiger partial charge in [0.05, 0.1) is 17.2 Å². The largest absolute Gasteiger partial charge is 0.494 e. The highest BCUT2D eigenvalue weighted by atomic mass is 32.2. The minimum Gasteiger partial charge on any atom is -0.494 e. The van der Waals surface area contributed by atoms with Gasteiger partial charge in [0.15, 0.2) is 11.8 Å². The first-order valence-corrected chi connectivity index (χ1v) is 10.3. The number of hydrogen-bond donors (Lipinski definition) is 1. The summed E-state index contributed by atoms with van der Waals surface area (Å²) in [5, 5.41) is 9.29. The van der Waals surface area contributed by atoms with Crippen LogP contribution in [0.3, 0.4) is 0 Å². The standard InChI is InChI=1S/C22H22N2O5S/c1-3-24-21(27)19(13-15-5-9-18(10-6-15)29-14-20(25)26)30-22(24)23-16-7-11-17(12-8-16)28-4-2/h5-13H,3-4,14H2,1-2H3,(H,25,26)/b19-13-,23-22?. The Balaban J connectivity index is 1.77. The van der Waals surface area contributed by atoms with E-state index in [2.05, 4.69) is 4.99 Å². The van der Waals surface area contributed by atoms with Crippen molar-refractivity contribution in [1.29, 1.82) is 0 Å². The second-order valence-corrected chi connectivity index (χ2v) is 7.24. The third-order valence-corrected chi connectivity index (χ3v) is 5.12. The van der Waals surface area contributed by atoms with Gasteiger partial charge in [0.2, 0.25) is 0 Å². The van der Waals surface area contributed by atoms with Crippen LogP contribution in [-0.4, -0.2) is 46.8 Å². The van der Waals surface area contributed by atoms with Crippen LogP contribution in [-0.2, 0) is 9.59 Å². The number of amidine groups is 1. The number of aliphatic imine (C=N–C) groups is 1. The van der Waals surface area contributed by atoms with Crippen molar-refractivity contribution < 1.29 is 24.2 Å². The first-order valence-electron chi connectivity index (χ1n) is 9.47. The first kappa shape index (κ1) is 21.4. The number of ether oxygens (including phenoxy) is 2. The molecule has 1 heterocycles. The number of aliphatic carboxylic acids is 1. The molecule has 0 unspecified atom stereocenters. The summed E-state index contributed by atoms with van der Waals surface area (Å²) < 4.78 is 10.6. The SMILES string of the molecule is CCOc1ccc(N=C2S/C(=C\c3ccc(OCC(=O)O)cc3)C(=O)N2CC)cc1. The molecule has 0 atom stereocenters. The Hall–Kier alpha value is -3.26. The van der Waals surface area contributed by atoms with Gasteiger partial charge in [-0.25, -0.2) is 9.79 Å². The number of amides is 1. The van der Waals surface area contributed by atoms with Gasteiger partial charge in [0.25, 0.3) is 5.91 Å². The predicted octanol–water partition coefficient (Wildman–Crippen LogP) is 4.17. The van der Waals surface area contributed by atoms with Crippen molar-refractivity contribution >= 4 is 40.6 Å². The van der Waals surface area contributed by atoms with E-state index in [1.54, 1.807) is 35.2 Å². The van der Waals surface area contributed by atoms with Crippen molar-refractivity contribution in [2.75, 3.05) is 19.8 Å². The van der Waals surface area contributed by atoms with Gasteiger partial charge in [-0.05, 0) is 73.6 Å². The van der Waals surface area contributed by atoms with E-state index in [-0.39, 0.29) is 5.91 Å². The van der Waals surface area contributed by atoms with E-state index in [1.165, 1.54) is 11.8 Å². The number of carboxylic acid groups (broad SMARTS) is 1. The van der Waals surface area contributed by atoms with E-state index in [0.29, 0.717) is 29.0 Å². The Kier molecular flexibility index (Phi) is 7.13. The number of benzene rings is 2. The summed E-state index contributed by atoms with van der Waals surface area (Å²) in [6, 6.07) is 14.3. The highest BCUT2D eigenvalue weighted by Crippen LogP contribution is 2.34. The van der Waals surface area contributed by atoms with Crippen LogP contribution in [0.5, 0.6) is 11.5 Å². The van der Waals surface area contributed by atoms with Crippen molar-refractivity contribution in [2.45, 2.75) is 13.8 Å². The highest BCUT2D eigenvalue weighted by Gasteiger charge is 2.32. The molecule has 7 nitrogen and oxygen atoms in total. The van der Waals surface area contributed by atoms with Crippen LogP contribution in [0.2, 0.25) is 0 Å². The molecule has 30 heavy (non-hydrogen) atoms. The second kappa shape index (κ2) is 9.98. The van der Waals surface area contributed by atoms with Gasteiger partial charge in [-0.3, -0.25) is 9.69 Å². The molecule has 156 valence electrons. The van der Waals surface area contributed by atoms with Crippen LogP contribution in [0.15, 0.2) is 58.4 Å². The molecule has 0 aromatic heterocycles. The van der Waals surface area contributed by atoms with Gasteiger partial charge in [-0.15, -0.1) is 0 Å². The van der Waals surface area contributed by atoms with E-state index < -0.39 is 12.6 Å². The smallest absolute Gasteiger partial charge is 0.341 e. The van der Waals surface area contributed by atoms with Crippen molar-refractivity contribution in [1.82, 2.24) is 4.90 Å². The minimum atomic E-state index is -1.03. The van der Waals surface area contributed by atoms with Crippen molar-refractivity contribution in [2.24, 2.45) is 4.99 Å². The second-order valence-electron chi connectivity index (χ2n) is 6.23. The Bertz CT molecular complexity index is 968. The fourth-order valence-corrected chi connectivity index (χ4v) is 3.78. The molecule has 0 saturated carbocycles. The highest BCUT2D eigenvalue weighted by molar-refractivity contribution is 8.18.